The van der Waals surface area contributed by atoms with Gasteiger partial charge in [-0.1, -0.05) is 35.9 Å². The molecule has 0 aliphatic carbocycles. The van der Waals surface area contributed by atoms with Gasteiger partial charge in [0.1, 0.15) is 18.2 Å². The molecule has 172 valence electrons. The molecule has 0 aromatic heterocycles. The number of benzene rings is 3. The summed E-state index contributed by atoms with van der Waals surface area (Å²) in [4.78, 5) is 23.7. The minimum absolute atomic E-state index is 0.0239. The Bertz CT molecular complexity index is 1260. The van der Waals surface area contributed by atoms with Gasteiger partial charge >= 0.3 is 5.97 Å². The van der Waals surface area contributed by atoms with Gasteiger partial charge < -0.3 is 19.9 Å². The molecule has 0 fully saturated rings. The Labute approximate surface area is 201 Å². The van der Waals surface area contributed by atoms with Crippen LogP contribution in [0.15, 0.2) is 72.3 Å². The van der Waals surface area contributed by atoms with E-state index in [0.717, 1.165) is 5.56 Å². The first-order valence-electron chi connectivity index (χ1n) is 10.3. The summed E-state index contributed by atoms with van der Waals surface area (Å²) in [6, 6.07) is 20.0. The number of aromatic carboxylic acids is 1. The van der Waals surface area contributed by atoms with Gasteiger partial charge in [0.05, 0.1) is 12.2 Å². The third kappa shape index (κ3) is 6.61. The van der Waals surface area contributed by atoms with Crippen LogP contribution in [0.25, 0.3) is 6.08 Å². The van der Waals surface area contributed by atoms with Gasteiger partial charge in [-0.3, -0.25) is 4.79 Å². The number of hydrogen-bond donors (Lipinski definition) is 2. The molecule has 0 saturated heterocycles. The summed E-state index contributed by atoms with van der Waals surface area (Å²) < 4.78 is 11.6. The van der Waals surface area contributed by atoms with E-state index in [1.54, 1.807) is 36.4 Å². The molecule has 0 saturated carbocycles. The van der Waals surface area contributed by atoms with Crippen molar-refractivity contribution >= 4 is 35.2 Å². The first kappa shape index (κ1) is 24.4. The first-order chi connectivity index (χ1) is 16.4. The fourth-order valence-corrected chi connectivity index (χ4v) is 3.11. The SMILES string of the molecule is CCOc1cc(/C=C(/C#N)C(=O)Nc2cccc(C(=O)O)c2)ccc1OCc1ccc(Cl)cc1. The number of nitrogens with one attached hydrogen (secondary N) is 1. The number of carbonyl (C=O) groups excluding carboxylic acids is 1. The number of carbonyl (C=O) groups is 2. The molecular formula is C26H21ClN2O5. The van der Waals surface area contributed by atoms with Crippen LogP contribution in [0.3, 0.4) is 0 Å². The minimum Gasteiger partial charge on any atom is -0.490 e. The highest BCUT2D eigenvalue weighted by Gasteiger charge is 2.13. The molecule has 0 radical (unpaired) electrons. The second kappa shape index (κ2) is 11.5. The van der Waals surface area contributed by atoms with Crippen LogP contribution in [0.2, 0.25) is 5.02 Å². The van der Waals surface area contributed by atoms with Crippen LogP contribution >= 0.6 is 11.6 Å². The number of carboxylic acids is 1. The summed E-state index contributed by atoms with van der Waals surface area (Å²) in [5.74, 6) is -0.792. The molecule has 0 aliphatic heterocycles. The highest BCUT2D eigenvalue weighted by molar-refractivity contribution is 6.30. The number of halogens is 1. The van der Waals surface area contributed by atoms with E-state index >= 15 is 0 Å². The van der Waals surface area contributed by atoms with Gasteiger partial charge in [0, 0.05) is 10.7 Å². The second-order valence-corrected chi connectivity index (χ2v) is 7.50. The van der Waals surface area contributed by atoms with E-state index in [0.29, 0.717) is 35.3 Å². The molecule has 7 nitrogen and oxygen atoms in total. The van der Waals surface area contributed by atoms with Crippen LogP contribution in [-0.4, -0.2) is 23.6 Å². The quantitative estimate of drug-likeness (QED) is 0.309. The van der Waals surface area contributed by atoms with Crippen molar-refractivity contribution in [1.29, 1.82) is 5.26 Å². The Kier molecular flexibility index (Phi) is 8.27. The molecule has 3 aromatic rings. The average Bonchev–Trinajstić information content (AvgIpc) is 2.83. The van der Waals surface area contributed by atoms with Crippen molar-refractivity contribution in [2.75, 3.05) is 11.9 Å². The normalized spacial score (nSPS) is 10.8. The van der Waals surface area contributed by atoms with Crippen LogP contribution < -0.4 is 14.8 Å². The number of carboxylic acid groups (broad SMARTS) is 1. The number of hydrogen-bond acceptors (Lipinski definition) is 5. The molecule has 34 heavy (non-hydrogen) atoms. The van der Waals surface area contributed by atoms with Crippen LogP contribution in [-0.2, 0) is 11.4 Å². The fourth-order valence-electron chi connectivity index (χ4n) is 2.99. The maximum absolute atomic E-state index is 12.6. The van der Waals surface area contributed by atoms with Gasteiger partial charge in [-0.25, -0.2) is 4.79 Å². The maximum Gasteiger partial charge on any atom is 0.335 e. The number of nitriles is 1. The topological polar surface area (TPSA) is 109 Å². The highest BCUT2D eigenvalue weighted by atomic mass is 35.5. The largest absolute Gasteiger partial charge is 0.490 e. The summed E-state index contributed by atoms with van der Waals surface area (Å²) in [5, 5.41) is 21.8. The third-order valence-corrected chi connectivity index (χ3v) is 4.87. The number of anilines is 1. The van der Waals surface area contributed by atoms with Crippen LogP contribution in [0.5, 0.6) is 11.5 Å². The molecule has 0 heterocycles. The zero-order valence-corrected chi connectivity index (χ0v) is 19.0. The van der Waals surface area contributed by atoms with Gasteiger partial charge in [-0.15, -0.1) is 0 Å². The fraction of sp³-hybridized carbons (Fsp3) is 0.115. The van der Waals surface area contributed by atoms with E-state index in [-0.39, 0.29) is 16.8 Å². The molecule has 0 atom stereocenters. The van der Waals surface area contributed by atoms with Gasteiger partial charge in [0.2, 0.25) is 0 Å². The zero-order valence-electron chi connectivity index (χ0n) is 18.2. The van der Waals surface area contributed by atoms with Crippen LogP contribution in [0, 0.1) is 11.3 Å². The van der Waals surface area contributed by atoms with Crippen molar-refractivity contribution in [3.05, 3.63) is 94.0 Å². The Morgan fingerprint density at radius 2 is 1.82 bits per heavy atom. The number of amides is 1. The van der Waals surface area contributed by atoms with Crippen molar-refractivity contribution in [2.24, 2.45) is 0 Å². The average molecular weight is 477 g/mol. The number of ether oxygens (including phenoxy) is 2. The Balaban J connectivity index is 1.78. The van der Waals surface area contributed by atoms with E-state index in [9.17, 15) is 14.9 Å². The van der Waals surface area contributed by atoms with Crippen molar-refractivity contribution in [3.8, 4) is 17.6 Å². The third-order valence-electron chi connectivity index (χ3n) is 4.62. The summed E-state index contributed by atoms with van der Waals surface area (Å²) >= 11 is 5.91. The lowest BCUT2D eigenvalue weighted by molar-refractivity contribution is -0.112. The van der Waals surface area contributed by atoms with Crippen LogP contribution in [0.1, 0.15) is 28.4 Å². The Morgan fingerprint density at radius 3 is 2.50 bits per heavy atom. The highest BCUT2D eigenvalue weighted by Crippen LogP contribution is 2.30. The lowest BCUT2D eigenvalue weighted by atomic mass is 10.1. The van der Waals surface area contributed by atoms with E-state index in [1.165, 1.54) is 24.3 Å². The van der Waals surface area contributed by atoms with E-state index in [4.69, 9.17) is 26.2 Å². The molecule has 3 rings (SSSR count). The molecule has 8 heteroatoms. The lowest BCUT2D eigenvalue weighted by Gasteiger charge is -2.13. The molecule has 3 aromatic carbocycles. The van der Waals surface area contributed by atoms with E-state index < -0.39 is 11.9 Å². The molecule has 0 spiro atoms. The van der Waals surface area contributed by atoms with Crippen molar-refractivity contribution in [3.63, 3.8) is 0 Å². The molecule has 2 N–H and O–H groups in total. The predicted octanol–water partition coefficient (Wildman–Crippen LogP) is 5.56. The van der Waals surface area contributed by atoms with Gasteiger partial charge in [0.25, 0.3) is 5.91 Å². The summed E-state index contributed by atoms with van der Waals surface area (Å²) in [7, 11) is 0. The van der Waals surface area contributed by atoms with Gasteiger partial charge in [0.15, 0.2) is 11.5 Å². The summed E-state index contributed by atoms with van der Waals surface area (Å²) in [6.45, 7) is 2.55. The molecule has 0 bridgehead atoms. The molecule has 1 amide bonds. The Morgan fingerprint density at radius 1 is 1.06 bits per heavy atom. The monoisotopic (exact) mass is 476 g/mol. The summed E-state index contributed by atoms with van der Waals surface area (Å²) in [5.41, 5.74) is 1.64. The second-order valence-electron chi connectivity index (χ2n) is 7.06. The first-order valence-corrected chi connectivity index (χ1v) is 10.7. The van der Waals surface area contributed by atoms with Crippen molar-refractivity contribution < 1.29 is 24.2 Å². The maximum atomic E-state index is 12.6. The number of rotatable bonds is 9. The lowest BCUT2D eigenvalue weighted by Crippen LogP contribution is -2.14. The summed E-state index contributed by atoms with van der Waals surface area (Å²) in [6.07, 6.45) is 1.42. The van der Waals surface area contributed by atoms with E-state index in [2.05, 4.69) is 5.32 Å². The molecular weight excluding hydrogens is 456 g/mol. The van der Waals surface area contributed by atoms with Crippen LogP contribution in [0.4, 0.5) is 5.69 Å². The Hall–Kier alpha value is -4.28. The van der Waals surface area contributed by atoms with Crippen molar-refractivity contribution in [1.82, 2.24) is 0 Å². The van der Waals surface area contributed by atoms with Crippen molar-refractivity contribution in [2.45, 2.75) is 13.5 Å². The predicted molar refractivity (Wildman–Crippen MR) is 129 cm³/mol. The molecule has 0 aliphatic rings. The van der Waals surface area contributed by atoms with E-state index in [1.807, 2.05) is 25.1 Å². The van der Waals surface area contributed by atoms with Gasteiger partial charge in [-0.05, 0) is 66.6 Å². The number of nitrogens with zero attached hydrogens (tertiary/aromatic N) is 1. The van der Waals surface area contributed by atoms with Gasteiger partial charge in [-0.2, -0.15) is 5.26 Å². The zero-order chi connectivity index (χ0) is 24.5. The molecule has 0 unspecified atom stereocenters. The smallest absolute Gasteiger partial charge is 0.335 e. The standard InChI is InChI=1S/C26H21ClN2O5/c1-2-33-24-13-18(8-11-23(24)34-16-17-6-9-21(27)10-7-17)12-20(15-28)25(30)29-22-5-3-4-19(14-22)26(31)32/h3-14H,2,16H2,1H3,(H,29,30)(H,31,32)/b20-12-. The minimum atomic E-state index is -1.12.